The maximum Gasteiger partial charge on any atom is -0.00612 e. The van der Waals surface area contributed by atoms with E-state index in [2.05, 4.69) is 44.5 Å². The summed E-state index contributed by atoms with van der Waals surface area (Å²) < 4.78 is 0. The molecule has 0 amide bonds. The van der Waals surface area contributed by atoms with Crippen molar-refractivity contribution in [2.75, 3.05) is 0 Å². The van der Waals surface area contributed by atoms with Gasteiger partial charge in [0.05, 0.1) is 0 Å². The number of rotatable bonds is 6. The Bertz CT molecular complexity index is 214. The van der Waals surface area contributed by atoms with Crippen molar-refractivity contribution in [2.24, 2.45) is 5.92 Å². The predicted molar refractivity (Wildman–Crippen MR) is 100.0 cm³/mol. The lowest BCUT2D eigenvalue weighted by atomic mass is 9.93. The molecule has 1 aromatic rings. The molecule has 1 aromatic heterocycles. The fourth-order valence-electron chi connectivity index (χ4n) is 1.69. The van der Waals surface area contributed by atoms with E-state index in [1.165, 1.54) is 44.1 Å². The lowest BCUT2D eigenvalue weighted by Gasteiger charge is -2.12. The van der Waals surface area contributed by atoms with Crippen LogP contribution >= 0.6 is 11.3 Å². The highest BCUT2D eigenvalue weighted by atomic mass is 32.1. The number of unbranched alkanes of at least 4 members (excludes halogenated alkanes) is 1. The van der Waals surface area contributed by atoms with E-state index in [1.807, 2.05) is 39.0 Å². The molecule has 0 radical (unpaired) electrons. The fourth-order valence-corrected chi connectivity index (χ4v) is 2.37. The minimum absolute atomic E-state index is 0.912. The van der Waals surface area contributed by atoms with Gasteiger partial charge in [-0.1, -0.05) is 87.5 Å². The molecule has 1 rings (SSSR count). The predicted octanol–water partition coefficient (Wildman–Crippen LogP) is 7.98. The van der Waals surface area contributed by atoms with Gasteiger partial charge in [0.25, 0.3) is 0 Å². The van der Waals surface area contributed by atoms with Crippen molar-refractivity contribution in [2.45, 2.75) is 93.9 Å². The molecule has 0 spiro atoms. The highest BCUT2D eigenvalue weighted by molar-refractivity contribution is 7.07. The maximum absolute atomic E-state index is 2.31. The van der Waals surface area contributed by atoms with Gasteiger partial charge < -0.3 is 0 Å². The molecule has 0 N–H and O–H groups in total. The van der Waals surface area contributed by atoms with Crippen molar-refractivity contribution in [3.63, 3.8) is 0 Å². The van der Waals surface area contributed by atoms with Crippen LogP contribution in [0.5, 0.6) is 0 Å². The van der Waals surface area contributed by atoms with Crippen molar-refractivity contribution in [1.29, 1.82) is 0 Å². The summed E-state index contributed by atoms with van der Waals surface area (Å²) in [5, 5.41) is 4.47. The molecule has 1 unspecified atom stereocenters. The number of hydrogen-bond acceptors (Lipinski definition) is 1. The second-order valence-electron chi connectivity index (χ2n) is 4.46. The van der Waals surface area contributed by atoms with E-state index in [0.717, 1.165) is 5.92 Å². The Morgan fingerprint density at radius 2 is 1.55 bits per heavy atom. The topological polar surface area (TPSA) is 0 Å². The molecule has 0 saturated heterocycles. The van der Waals surface area contributed by atoms with Gasteiger partial charge in [-0.15, -0.1) is 0 Å². The van der Waals surface area contributed by atoms with Crippen LogP contribution in [0.3, 0.4) is 0 Å². The van der Waals surface area contributed by atoms with Crippen LogP contribution in [-0.4, -0.2) is 0 Å². The molecule has 0 bridgehead atoms. The molecule has 122 valence electrons. The van der Waals surface area contributed by atoms with E-state index in [0.29, 0.717) is 0 Å². The van der Waals surface area contributed by atoms with Crippen LogP contribution < -0.4 is 0 Å². The van der Waals surface area contributed by atoms with Crippen LogP contribution in [0.25, 0.3) is 0 Å². The Kier molecular flexibility index (Phi) is 29.4. The van der Waals surface area contributed by atoms with Crippen molar-refractivity contribution in [3.8, 4) is 0 Å². The van der Waals surface area contributed by atoms with Gasteiger partial charge >= 0.3 is 0 Å². The molecule has 0 aliphatic heterocycles. The average molecular weight is 301 g/mol. The normalized spacial score (nSPS) is 10.0. The zero-order chi connectivity index (χ0) is 16.2. The largest absolute Gasteiger partial charge is 0.152 e. The number of hydrogen-bond donors (Lipinski definition) is 0. The van der Waals surface area contributed by atoms with Crippen LogP contribution in [0.2, 0.25) is 0 Å². The summed E-state index contributed by atoms with van der Waals surface area (Å²) >= 11 is 1.82. The third-order valence-electron chi connectivity index (χ3n) is 2.65. The molecule has 20 heavy (non-hydrogen) atoms. The maximum atomic E-state index is 2.31. The minimum Gasteiger partial charge on any atom is -0.152 e. The standard InChI is InChI=1S/C12H20S.C3H8.2C2H6/c1-3-5-6-11(4-2)9-12-7-8-13-10-12;1-3-2;2*1-2/h7-8,10-11H,3-6,9H2,1-2H3;3H2,1-2H3;2*1-2H3. The van der Waals surface area contributed by atoms with Crippen molar-refractivity contribution >= 4 is 11.3 Å². The Hall–Kier alpha value is -0.300. The van der Waals surface area contributed by atoms with Gasteiger partial charge in [0.15, 0.2) is 0 Å². The quantitative estimate of drug-likeness (QED) is 0.499. The van der Waals surface area contributed by atoms with Crippen LogP contribution in [0, 0.1) is 5.92 Å². The molecular weight excluding hydrogens is 260 g/mol. The molecule has 0 nitrogen and oxygen atoms in total. The smallest absolute Gasteiger partial charge is 0.00612 e. The molecular formula is C19H40S. The Morgan fingerprint density at radius 1 is 1.00 bits per heavy atom. The van der Waals surface area contributed by atoms with Crippen LogP contribution in [0.4, 0.5) is 0 Å². The summed E-state index contributed by atoms with van der Waals surface area (Å²) in [7, 11) is 0. The molecule has 0 aromatic carbocycles. The van der Waals surface area contributed by atoms with Crippen molar-refractivity contribution in [1.82, 2.24) is 0 Å². The highest BCUT2D eigenvalue weighted by Gasteiger charge is 2.06. The molecule has 0 fully saturated rings. The van der Waals surface area contributed by atoms with Crippen LogP contribution in [-0.2, 0) is 6.42 Å². The number of thiophene rings is 1. The molecule has 1 heteroatoms. The first-order valence-corrected chi connectivity index (χ1v) is 9.73. The van der Waals surface area contributed by atoms with E-state index in [9.17, 15) is 0 Å². The molecule has 1 heterocycles. The first-order chi connectivity index (χ1) is 9.78. The second-order valence-corrected chi connectivity index (χ2v) is 5.24. The van der Waals surface area contributed by atoms with Gasteiger partial charge in [0, 0.05) is 0 Å². The Morgan fingerprint density at radius 3 is 1.90 bits per heavy atom. The fraction of sp³-hybridized carbons (Fsp3) is 0.789. The Balaban J connectivity index is -0.000000355. The SMILES string of the molecule is CC.CC.CCC.CCCCC(CC)Cc1ccsc1. The van der Waals surface area contributed by atoms with Crippen LogP contribution in [0.15, 0.2) is 16.8 Å². The Labute approximate surface area is 134 Å². The van der Waals surface area contributed by atoms with Gasteiger partial charge in [0.2, 0.25) is 0 Å². The molecule has 1 atom stereocenters. The second kappa shape index (κ2) is 23.8. The minimum atomic E-state index is 0.912. The van der Waals surface area contributed by atoms with E-state index in [-0.39, 0.29) is 0 Å². The lowest BCUT2D eigenvalue weighted by Crippen LogP contribution is -2.02. The summed E-state index contributed by atoms with van der Waals surface area (Å²) in [6, 6.07) is 2.26. The summed E-state index contributed by atoms with van der Waals surface area (Å²) in [4.78, 5) is 0. The average Bonchev–Trinajstić information content (AvgIpc) is 3.01. The summed E-state index contributed by atoms with van der Waals surface area (Å²) in [5.74, 6) is 0.912. The van der Waals surface area contributed by atoms with Gasteiger partial charge in [-0.3, -0.25) is 0 Å². The van der Waals surface area contributed by atoms with Gasteiger partial charge in [-0.25, -0.2) is 0 Å². The summed E-state index contributed by atoms with van der Waals surface area (Å²) in [6.07, 6.45) is 8.00. The van der Waals surface area contributed by atoms with Crippen molar-refractivity contribution < 1.29 is 0 Å². The zero-order valence-electron chi connectivity index (χ0n) is 15.5. The van der Waals surface area contributed by atoms with Crippen molar-refractivity contribution in [3.05, 3.63) is 22.4 Å². The molecule has 0 aliphatic carbocycles. The highest BCUT2D eigenvalue weighted by Crippen LogP contribution is 2.19. The summed E-state index contributed by atoms with van der Waals surface area (Å²) in [5.41, 5.74) is 1.54. The van der Waals surface area contributed by atoms with E-state index in [1.54, 1.807) is 0 Å². The first-order valence-electron chi connectivity index (χ1n) is 8.79. The van der Waals surface area contributed by atoms with Gasteiger partial charge in [-0.05, 0) is 34.7 Å². The lowest BCUT2D eigenvalue weighted by molar-refractivity contribution is 0.449. The zero-order valence-corrected chi connectivity index (χ0v) is 16.3. The van der Waals surface area contributed by atoms with Crippen LogP contribution in [0.1, 0.15) is 93.1 Å². The summed E-state index contributed by atoms with van der Waals surface area (Å²) in [6.45, 7) is 16.8. The monoisotopic (exact) mass is 300 g/mol. The van der Waals surface area contributed by atoms with E-state index >= 15 is 0 Å². The molecule has 0 aliphatic rings. The van der Waals surface area contributed by atoms with Gasteiger partial charge in [0.1, 0.15) is 0 Å². The third-order valence-corrected chi connectivity index (χ3v) is 3.38. The van der Waals surface area contributed by atoms with E-state index in [4.69, 9.17) is 0 Å². The first kappa shape index (κ1) is 24.7. The van der Waals surface area contributed by atoms with Gasteiger partial charge in [-0.2, -0.15) is 11.3 Å². The third kappa shape index (κ3) is 17.7. The molecule has 0 saturated carbocycles. The van der Waals surface area contributed by atoms with E-state index < -0.39 is 0 Å².